The second-order valence-electron chi connectivity index (χ2n) is 8.58. The minimum Gasteiger partial charge on any atom is -0.496 e. The predicted octanol–water partition coefficient (Wildman–Crippen LogP) is 4.52. The molecule has 3 aromatic carbocycles. The number of halogens is 1. The van der Waals surface area contributed by atoms with Crippen molar-refractivity contribution in [3.05, 3.63) is 94.5 Å². The number of ether oxygens (including phenoxy) is 1. The molecule has 0 fully saturated rings. The molecule has 1 aliphatic rings. The molecule has 176 valence electrons. The third-order valence-electron chi connectivity index (χ3n) is 6.34. The fraction of sp³-hybridized carbons (Fsp3) is 0.259. The summed E-state index contributed by atoms with van der Waals surface area (Å²) in [5.41, 5.74) is 1.60. The van der Waals surface area contributed by atoms with E-state index in [4.69, 9.17) is 16.3 Å². The molecular weight excluding hydrogens is 450 g/mol. The molecule has 0 radical (unpaired) electrons. The van der Waals surface area contributed by atoms with Crippen LogP contribution in [0.2, 0.25) is 5.02 Å². The van der Waals surface area contributed by atoms with Crippen LogP contribution < -0.4 is 10.1 Å². The fourth-order valence-corrected chi connectivity index (χ4v) is 4.92. The molecule has 6 nitrogen and oxygen atoms in total. The van der Waals surface area contributed by atoms with Crippen LogP contribution in [0.15, 0.2) is 72.8 Å². The highest BCUT2D eigenvalue weighted by Gasteiger charge is 2.56. The molecule has 1 unspecified atom stereocenters. The molecule has 3 aromatic rings. The van der Waals surface area contributed by atoms with Crippen LogP contribution in [0.3, 0.4) is 0 Å². The highest BCUT2D eigenvalue weighted by Crippen LogP contribution is 2.50. The van der Waals surface area contributed by atoms with Gasteiger partial charge in [-0.25, -0.2) is 0 Å². The molecule has 0 bridgehead atoms. The molecule has 1 N–H and O–H groups in total. The van der Waals surface area contributed by atoms with E-state index in [0.29, 0.717) is 34.1 Å². The average Bonchev–Trinajstić information content (AvgIpc) is 3.13. The Balaban J connectivity index is 2.06. The predicted molar refractivity (Wildman–Crippen MR) is 134 cm³/mol. The molecule has 0 aliphatic carbocycles. The molecule has 4 rings (SSSR count). The molecule has 34 heavy (non-hydrogen) atoms. The van der Waals surface area contributed by atoms with Crippen molar-refractivity contribution in [2.45, 2.75) is 25.0 Å². The van der Waals surface area contributed by atoms with Gasteiger partial charge in [0.2, 0.25) is 5.91 Å². The average molecular weight is 478 g/mol. The summed E-state index contributed by atoms with van der Waals surface area (Å²) in [4.78, 5) is 30.9. The second kappa shape index (κ2) is 9.49. The van der Waals surface area contributed by atoms with Gasteiger partial charge >= 0.3 is 0 Å². The van der Waals surface area contributed by atoms with Crippen molar-refractivity contribution < 1.29 is 14.3 Å². The van der Waals surface area contributed by atoms with Crippen molar-refractivity contribution in [1.82, 2.24) is 9.80 Å². The molecule has 0 saturated carbocycles. The number of anilines is 1. The maximum atomic E-state index is 14.1. The quantitative estimate of drug-likeness (QED) is 0.543. The van der Waals surface area contributed by atoms with Gasteiger partial charge in [-0.1, -0.05) is 60.1 Å². The summed E-state index contributed by atoms with van der Waals surface area (Å²) >= 11 is 6.45. The number of hydrogen-bond donors (Lipinski definition) is 1. The molecule has 1 heterocycles. The zero-order valence-corrected chi connectivity index (χ0v) is 20.5. The first-order valence-corrected chi connectivity index (χ1v) is 11.4. The number of carbonyl (C=O) groups is 2. The smallest absolute Gasteiger partial charge is 0.254 e. The number of likely N-dealkylation sites (N-methyl/N-ethyl adjacent to an activating group) is 1. The summed E-state index contributed by atoms with van der Waals surface area (Å²) in [6.45, 7) is 2.18. The summed E-state index contributed by atoms with van der Waals surface area (Å²) in [5, 5.41) is 3.54. The summed E-state index contributed by atoms with van der Waals surface area (Å²) < 4.78 is 5.73. The SMILES string of the molecule is COc1ccccc1C1(N(Cc2ccccc2)[C@@H](C)C(=O)N(C)C)C(=O)Nc2ccc(Cl)cc21. The Morgan fingerprint density at radius 3 is 2.38 bits per heavy atom. The maximum Gasteiger partial charge on any atom is 0.254 e. The summed E-state index contributed by atoms with van der Waals surface area (Å²) in [6, 6.07) is 21.9. The van der Waals surface area contributed by atoms with Crippen molar-refractivity contribution in [1.29, 1.82) is 0 Å². The van der Waals surface area contributed by atoms with Crippen molar-refractivity contribution >= 4 is 29.1 Å². The third-order valence-corrected chi connectivity index (χ3v) is 6.57. The monoisotopic (exact) mass is 477 g/mol. The van der Waals surface area contributed by atoms with Crippen LogP contribution in [0, 0.1) is 0 Å². The van der Waals surface area contributed by atoms with E-state index >= 15 is 0 Å². The second-order valence-corrected chi connectivity index (χ2v) is 9.01. The Labute approximate surface area is 205 Å². The van der Waals surface area contributed by atoms with Crippen LogP contribution in [0.5, 0.6) is 5.75 Å². The van der Waals surface area contributed by atoms with Gasteiger partial charge in [0.05, 0.1) is 13.2 Å². The normalized spacial score (nSPS) is 17.8. The van der Waals surface area contributed by atoms with Crippen LogP contribution >= 0.6 is 11.6 Å². The number of para-hydroxylation sites is 1. The minimum absolute atomic E-state index is 0.117. The first-order chi connectivity index (χ1) is 16.3. The number of hydrogen-bond acceptors (Lipinski definition) is 4. The van der Waals surface area contributed by atoms with Crippen LogP contribution in [0.1, 0.15) is 23.6 Å². The topological polar surface area (TPSA) is 61.9 Å². The van der Waals surface area contributed by atoms with E-state index in [1.165, 1.54) is 0 Å². The lowest BCUT2D eigenvalue weighted by Gasteiger charge is -2.44. The minimum atomic E-state index is -1.35. The van der Waals surface area contributed by atoms with Gasteiger partial charge < -0.3 is 15.0 Å². The molecular formula is C27H28ClN3O3. The van der Waals surface area contributed by atoms with Crippen LogP contribution in [0.4, 0.5) is 5.69 Å². The largest absolute Gasteiger partial charge is 0.496 e. The molecule has 0 spiro atoms. The number of nitrogens with zero attached hydrogens (tertiary/aromatic N) is 2. The summed E-state index contributed by atoms with van der Waals surface area (Å²) in [5.74, 6) is 0.171. The van der Waals surface area contributed by atoms with E-state index in [-0.39, 0.29) is 11.8 Å². The van der Waals surface area contributed by atoms with E-state index < -0.39 is 11.6 Å². The molecule has 7 heteroatoms. The first kappa shape index (κ1) is 23.8. The number of benzene rings is 3. The zero-order valence-electron chi connectivity index (χ0n) is 19.7. The van der Waals surface area contributed by atoms with Gasteiger partial charge in [0.1, 0.15) is 5.75 Å². The Hall–Kier alpha value is -3.35. The van der Waals surface area contributed by atoms with E-state index in [9.17, 15) is 9.59 Å². The summed E-state index contributed by atoms with van der Waals surface area (Å²) in [7, 11) is 5.01. The molecule has 1 aliphatic heterocycles. The number of nitrogens with one attached hydrogen (secondary N) is 1. The molecule has 0 saturated heterocycles. The third kappa shape index (κ3) is 3.93. The Bertz CT molecular complexity index is 1210. The number of methoxy groups -OCH3 is 1. The highest BCUT2D eigenvalue weighted by molar-refractivity contribution is 6.31. The van der Waals surface area contributed by atoms with Crippen molar-refractivity contribution in [3.8, 4) is 5.75 Å². The number of fused-ring (bicyclic) bond motifs is 1. The van der Waals surface area contributed by atoms with Crippen molar-refractivity contribution in [2.75, 3.05) is 26.5 Å². The van der Waals surface area contributed by atoms with E-state index in [2.05, 4.69) is 5.32 Å². The number of rotatable bonds is 7. The molecule has 0 aromatic heterocycles. The van der Waals surface area contributed by atoms with Gasteiger partial charge in [0.15, 0.2) is 5.54 Å². The number of amides is 2. The van der Waals surface area contributed by atoms with Crippen molar-refractivity contribution in [2.24, 2.45) is 0 Å². The Morgan fingerprint density at radius 1 is 1.03 bits per heavy atom. The van der Waals surface area contributed by atoms with E-state index in [0.717, 1.165) is 5.56 Å². The highest BCUT2D eigenvalue weighted by atomic mass is 35.5. The van der Waals surface area contributed by atoms with Gasteiger partial charge in [-0.15, -0.1) is 0 Å². The molecule has 2 amide bonds. The Morgan fingerprint density at radius 2 is 1.71 bits per heavy atom. The fourth-order valence-electron chi connectivity index (χ4n) is 4.74. The Kier molecular flexibility index (Phi) is 6.64. The van der Waals surface area contributed by atoms with E-state index in [1.807, 2.05) is 66.4 Å². The first-order valence-electron chi connectivity index (χ1n) is 11.1. The zero-order chi connectivity index (χ0) is 24.5. The standard InChI is InChI=1S/C27H28ClN3O3/c1-18(25(32)30(2)3)31(17-19-10-6-5-7-11-19)27(21-12-8-9-13-24(21)34-4)22-16-20(28)14-15-23(22)29-26(27)33/h5-16,18H,17H2,1-4H3,(H,29,33)/t18-,27?/m0/s1. The van der Waals surface area contributed by atoms with Gasteiger partial charge in [0.25, 0.3) is 5.91 Å². The maximum absolute atomic E-state index is 14.1. The number of carbonyl (C=O) groups excluding carboxylic acids is 2. The van der Waals surface area contributed by atoms with Gasteiger partial charge in [-0.3, -0.25) is 14.5 Å². The van der Waals surface area contributed by atoms with Crippen LogP contribution in [0.25, 0.3) is 0 Å². The van der Waals surface area contributed by atoms with Crippen LogP contribution in [-0.2, 0) is 21.7 Å². The summed E-state index contributed by atoms with van der Waals surface area (Å²) in [6.07, 6.45) is 0. The van der Waals surface area contributed by atoms with Gasteiger partial charge in [-0.2, -0.15) is 0 Å². The van der Waals surface area contributed by atoms with Gasteiger partial charge in [-0.05, 0) is 36.8 Å². The van der Waals surface area contributed by atoms with E-state index in [1.54, 1.807) is 44.3 Å². The lowest BCUT2D eigenvalue weighted by Crippen LogP contribution is -2.58. The molecule has 2 atom stereocenters. The lowest BCUT2D eigenvalue weighted by atomic mass is 9.80. The van der Waals surface area contributed by atoms with Crippen molar-refractivity contribution in [3.63, 3.8) is 0 Å². The lowest BCUT2D eigenvalue weighted by molar-refractivity contribution is -0.140. The van der Waals surface area contributed by atoms with Gasteiger partial charge in [0, 0.05) is 42.5 Å². The van der Waals surface area contributed by atoms with Crippen LogP contribution in [-0.4, -0.2) is 48.9 Å².